The minimum Gasteiger partial charge on any atom is -0.480 e. The fourth-order valence-electron chi connectivity index (χ4n) is 3.32. The minimum absolute atomic E-state index is 0.0903. The number of carbonyl (C=O) groups is 2. The molecule has 1 aliphatic rings. The fraction of sp³-hybridized carbons (Fsp3) is 0.529. The number of carbonyl (C=O) groups excluding carboxylic acids is 1. The normalized spacial score (nSPS) is 21.6. The molecule has 1 atom stereocenters. The number of aliphatic carboxylic acids is 1. The Hall–Kier alpha value is -1.84. The number of benzene rings is 1. The van der Waals surface area contributed by atoms with E-state index in [1.165, 1.54) is 10.5 Å². The standard InChI is InChI=1S/C17H23NO3/c1-11-8-12(2)14(13(3)9-11)10-15(19)18-7-5-6-17(18,4)16(20)21/h8-9H,5-7,10H2,1-4H3,(H,20,21). The van der Waals surface area contributed by atoms with Gasteiger partial charge in [-0.15, -0.1) is 0 Å². The first-order valence-corrected chi connectivity index (χ1v) is 7.36. The molecule has 1 heterocycles. The van der Waals surface area contributed by atoms with Crippen LogP contribution in [0.15, 0.2) is 12.1 Å². The van der Waals surface area contributed by atoms with Gasteiger partial charge in [-0.25, -0.2) is 4.79 Å². The van der Waals surface area contributed by atoms with Crippen LogP contribution in [0.1, 0.15) is 42.0 Å². The van der Waals surface area contributed by atoms with E-state index in [9.17, 15) is 14.7 Å². The molecule has 1 aromatic carbocycles. The van der Waals surface area contributed by atoms with Gasteiger partial charge in [0.1, 0.15) is 5.54 Å². The molecule has 0 bridgehead atoms. The number of amides is 1. The van der Waals surface area contributed by atoms with Gasteiger partial charge in [-0.05, 0) is 57.2 Å². The van der Waals surface area contributed by atoms with Gasteiger partial charge in [0, 0.05) is 6.54 Å². The lowest BCUT2D eigenvalue weighted by molar-refractivity contribution is -0.155. The van der Waals surface area contributed by atoms with Crippen molar-refractivity contribution in [3.05, 3.63) is 34.4 Å². The Morgan fingerprint density at radius 2 is 1.81 bits per heavy atom. The molecule has 1 aromatic rings. The molecule has 0 radical (unpaired) electrons. The topological polar surface area (TPSA) is 57.6 Å². The van der Waals surface area contributed by atoms with Crippen molar-refractivity contribution in [1.82, 2.24) is 4.90 Å². The molecule has 1 aliphatic heterocycles. The molecule has 4 heteroatoms. The summed E-state index contributed by atoms with van der Waals surface area (Å²) in [5, 5.41) is 9.41. The van der Waals surface area contributed by atoms with E-state index in [2.05, 4.69) is 12.1 Å². The van der Waals surface area contributed by atoms with E-state index < -0.39 is 11.5 Å². The molecule has 0 aromatic heterocycles. The number of carboxylic acid groups (broad SMARTS) is 1. The van der Waals surface area contributed by atoms with Crippen LogP contribution in [-0.4, -0.2) is 34.0 Å². The first-order valence-electron chi connectivity index (χ1n) is 7.36. The van der Waals surface area contributed by atoms with Gasteiger partial charge in [0.15, 0.2) is 0 Å². The van der Waals surface area contributed by atoms with Crippen molar-refractivity contribution in [2.24, 2.45) is 0 Å². The highest BCUT2D eigenvalue weighted by atomic mass is 16.4. The zero-order valence-electron chi connectivity index (χ0n) is 13.2. The van der Waals surface area contributed by atoms with Gasteiger partial charge < -0.3 is 10.0 Å². The van der Waals surface area contributed by atoms with Crippen LogP contribution in [0.3, 0.4) is 0 Å². The maximum atomic E-state index is 12.6. The lowest BCUT2D eigenvalue weighted by Gasteiger charge is -2.31. The molecule has 0 aliphatic carbocycles. The largest absolute Gasteiger partial charge is 0.480 e. The molecule has 1 amide bonds. The maximum absolute atomic E-state index is 12.6. The van der Waals surface area contributed by atoms with E-state index >= 15 is 0 Å². The molecule has 1 N–H and O–H groups in total. The van der Waals surface area contributed by atoms with Crippen molar-refractivity contribution in [1.29, 1.82) is 0 Å². The summed E-state index contributed by atoms with van der Waals surface area (Å²) >= 11 is 0. The highest BCUT2D eigenvalue weighted by molar-refractivity contribution is 5.88. The van der Waals surface area contributed by atoms with E-state index in [-0.39, 0.29) is 12.3 Å². The van der Waals surface area contributed by atoms with E-state index in [4.69, 9.17) is 0 Å². The quantitative estimate of drug-likeness (QED) is 0.930. The van der Waals surface area contributed by atoms with Gasteiger partial charge in [0.2, 0.25) is 5.91 Å². The molecule has 21 heavy (non-hydrogen) atoms. The number of carboxylic acids is 1. The van der Waals surface area contributed by atoms with Crippen LogP contribution in [0, 0.1) is 20.8 Å². The van der Waals surface area contributed by atoms with Gasteiger partial charge in [-0.1, -0.05) is 17.7 Å². The highest BCUT2D eigenvalue weighted by Crippen LogP contribution is 2.30. The van der Waals surface area contributed by atoms with E-state index in [1.54, 1.807) is 6.92 Å². The summed E-state index contributed by atoms with van der Waals surface area (Å²) in [5.41, 5.74) is 3.33. The lowest BCUT2D eigenvalue weighted by Crippen LogP contribution is -2.51. The number of aryl methyl sites for hydroxylation is 3. The predicted octanol–water partition coefficient (Wildman–Crippen LogP) is 2.62. The third-order valence-electron chi connectivity index (χ3n) is 4.57. The van der Waals surface area contributed by atoms with Crippen molar-refractivity contribution in [3.63, 3.8) is 0 Å². The molecule has 0 spiro atoms. The molecule has 114 valence electrons. The van der Waals surface area contributed by atoms with Crippen molar-refractivity contribution in [2.45, 2.75) is 52.5 Å². The predicted molar refractivity (Wildman–Crippen MR) is 81.3 cm³/mol. The average molecular weight is 289 g/mol. The molecule has 0 saturated carbocycles. The summed E-state index contributed by atoms with van der Waals surface area (Å²) in [4.78, 5) is 25.6. The summed E-state index contributed by atoms with van der Waals surface area (Å²) in [7, 11) is 0. The maximum Gasteiger partial charge on any atom is 0.329 e. The van der Waals surface area contributed by atoms with Gasteiger partial charge in [0.05, 0.1) is 6.42 Å². The second-order valence-electron chi connectivity index (χ2n) is 6.28. The summed E-state index contributed by atoms with van der Waals surface area (Å²) in [6.45, 7) is 8.22. The SMILES string of the molecule is Cc1cc(C)c(CC(=O)N2CCCC2(C)C(=O)O)c(C)c1. The molecule has 1 saturated heterocycles. The zero-order valence-corrected chi connectivity index (χ0v) is 13.2. The van der Waals surface area contributed by atoms with Crippen molar-refractivity contribution in [2.75, 3.05) is 6.54 Å². The average Bonchev–Trinajstić information content (AvgIpc) is 2.77. The zero-order chi connectivity index (χ0) is 15.8. The number of rotatable bonds is 3. The van der Waals surface area contributed by atoms with Gasteiger partial charge in [-0.3, -0.25) is 4.79 Å². The van der Waals surface area contributed by atoms with Crippen LogP contribution in [0.2, 0.25) is 0 Å². The Balaban J connectivity index is 2.25. The Kier molecular flexibility index (Phi) is 4.08. The number of likely N-dealkylation sites (tertiary alicyclic amines) is 1. The first kappa shape index (κ1) is 15.5. The van der Waals surface area contributed by atoms with Crippen LogP contribution in [0.4, 0.5) is 0 Å². The van der Waals surface area contributed by atoms with E-state index in [0.29, 0.717) is 13.0 Å². The molecule has 2 rings (SSSR count). The number of hydrogen-bond donors (Lipinski definition) is 1. The third kappa shape index (κ3) is 2.80. The van der Waals surface area contributed by atoms with E-state index in [0.717, 1.165) is 23.1 Å². The van der Waals surface area contributed by atoms with Gasteiger partial charge >= 0.3 is 5.97 Å². The number of nitrogens with zero attached hydrogens (tertiary/aromatic N) is 1. The Morgan fingerprint density at radius 3 is 2.33 bits per heavy atom. The van der Waals surface area contributed by atoms with Crippen LogP contribution in [0.25, 0.3) is 0 Å². The minimum atomic E-state index is -1.05. The monoisotopic (exact) mass is 289 g/mol. The summed E-state index contributed by atoms with van der Waals surface area (Å²) in [5.74, 6) is -1.00. The van der Waals surface area contributed by atoms with Crippen LogP contribution in [0.5, 0.6) is 0 Å². The highest BCUT2D eigenvalue weighted by Gasteiger charge is 2.45. The second-order valence-corrected chi connectivity index (χ2v) is 6.28. The lowest BCUT2D eigenvalue weighted by atomic mass is 9.95. The number of hydrogen-bond acceptors (Lipinski definition) is 2. The van der Waals surface area contributed by atoms with E-state index in [1.807, 2.05) is 20.8 Å². The Labute approximate surface area is 125 Å². The summed E-state index contributed by atoms with van der Waals surface area (Å²) in [6.07, 6.45) is 1.56. The summed E-state index contributed by atoms with van der Waals surface area (Å²) < 4.78 is 0. The van der Waals surface area contributed by atoms with Crippen LogP contribution in [-0.2, 0) is 16.0 Å². The van der Waals surface area contributed by atoms with Crippen LogP contribution >= 0.6 is 0 Å². The molecule has 1 fully saturated rings. The van der Waals surface area contributed by atoms with Gasteiger partial charge in [-0.2, -0.15) is 0 Å². The van der Waals surface area contributed by atoms with Crippen molar-refractivity contribution in [3.8, 4) is 0 Å². The molecular formula is C17H23NO3. The first-order chi connectivity index (χ1) is 9.75. The fourth-order valence-corrected chi connectivity index (χ4v) is 3.32. The molecule has 1 unspecified atom stereocenters. The molecular weight excluding hydrogens is 266 g/mol. The third-order valence-corrected chi connectivity index (χ3v) is 4.57. The van der Waals surface area contributed by atoms with Crippen molar-refractivity contribution >= 4 is 11.9 Å². The van der Waals surface area contributed by atoms with Crippen LogP contribution < -0.4 is 0 Å². The second kappa shape index (κ2) is 5.51. The Bertz CT molecular complexity index is 571. The smallest absolute Gasteiger partial charge is 0.329 e. The van der Waals surface area contributed by atoms with Crippen molar-refractivity contribution < 1.29 is 14.7 Å². The van der Waals surface area contributed by atoms with Gasteiger partial charge in [0.25, 0.3) is 0 Å². The summed E-state index contributed by atoms with van der Waals surface area (Å²) in [6, 6.07) is 4.13. The molecule has 4 nitrogen and oxygen atoms in total. The Morgan fingerprint density at radius 1 is 1.24 bits per heavy atom.